The molecular formula is C17H25N3O. The summed E-state index contributed by atoms with van der Waals surface area (Å²) in [6.45, 7) is 9.13. The van der Waals surface area contributed by atoms with Crippen LogP contribution >= 0.6 is 0 Å². The predicted molar refractivity (Wildman–Crippen MR) is 87.5 cm³/mol. The van der Waals surface area contributed by atoms with E-state index in [2.05, 4.69) is 18.4 Å². The van der Waals surface area contributed by atoms with Crippen LogP contribution in [0.5, 0.6) is 5.75 Å². The van der Waals surface area contributed by atoms with Gasteiger partial charge in [-0.05, 0) is 39.3 Å². The second-order valence-electron chi connectivity index (χ2n) is 5.45. The van der Waals surface area contributed by atoms with Crippen molar-refractivity contribution >= 4 is 5.82 Å². The van der Waals surface area contributed by atoms with Crippen LogP contribution in [-0.2, 0) is 13.0 Å². The first-order valence-corrected chi connectivity index (χ1v) is 7.68. The standard InChI is InChI=1S/C17H25N3O/c1-5-8-15-19-16(17(18)20(15)6-2)13-9-7-10-14(11-13)21-12(3)4/h7,9-12H,5-6,8,18H2,1-4H3. The van der Waals surface area contributed by atoms with Crippen molar-refractivity contribution in [2.75, 3.05) is 5.73 Å². The van der Waals surface area contributed by atoms with Gasteiger partial charge < -0.3 is 15.0 Å². The topological polar surface area (TPSA) is 53.1 Å². The molecule has 0 amide bonds. The summed E-state index contributed by atoms with van der Waals surface area (Å²) < 4.78 is 7.84. The number of rotatable bonds is 6. The number of nitrogens with zero attached hydrogens (tertiary/aromatic N) is 2. The van der Waals surface area contributed by atoms with Crippen LogP contribution in [0.25, 0.3) is 11.3 Å². The van der Waals surface area contributed by atoms with Gasteiger partial charge in [-0.2, -0.15) is 0 Å². The summed E-state index contributed by atoms with van der Waals surface area (Å²) in [5, 5.41) is 0. The molecule has 1 aromatic heterocycles. The van der Waals surface area contributed by atoms with Crippen molar-refractivity contribution in [3.8, 4) is 17.0 Å². The molecular weight excluding hydrogens is 262 g/mol. The van der Waals surface area contributed by atoms with E-state index in [-0.39, 0.29) is 6.10 Å². The minimum Gasteiger partial charge on any atom is -0.491 e. The second kappa shape index (κ2) is 6.66. The maximum atomic E-state index is 6.29. The fourth-order valence-corrected chi connectivity index (χ4v) is 2.48. The van der Waals surface area contributed by atoms with E-state index in [4.69, 9.17) is 15.5 Å². The molecule has 114 valence electrons. The SMILES string of the molecule is CCCc1nc(-c2cccc(OC(C)C)c2)c(N)n1CC. The molecule has 2 rings (SSSR count). The molecule has 1 aromatic carbocycles. The maximum Gasteiger partial charge on any atom is 0.131 e. The summed E-state index contributed by atoms with van der Waals surface area (Å²) in [4.78, 5) is 4.74. The number of imidazole rings is 1. The minimum absolute atomic E-state index is 0.154. The van der Waals surface area contributed by atoms with Gasteiger partial charge >= 0.3 is 0 Å². The van der Waals surface area contributed by atoms with Crippen LogP contribution < -0.4 is 10.5 Å². The number of nitrogen functional groups attached to an aromatic ring is 1. The predicted octanol–water partition coefficient (Wildman–Crippen LogP) is 3.89. The first-order valence-electron chi connectivity index (χ1n) is 7.68. The summed E-state index contributed by atoms with van der Waals surface area (Å²) in [7, 11) is 0. The summed E-state index contributed by atoms with van der Waals surface area (Å²) >= 11 is 0. The summed E-state index contributed by atoms with van der Waals surface area (Å²) in [5.41, 5.74) is 8.15. The molecule has 0 aliphatic heterocycles. The summed E-state index contributed by atoms with van der Waals surface area (Å²) in [6.07, 6.45) is 2.16. The Kier molecular flexibility index (Phi) is 4.89. The van der Waals surface area contributed by atoms with Crippen molar-refractivity contribution in [2.24, 2.45) is 0 Å². The number of aromatic nitrogens is 2. The molecule has 0 aliphatic carbocycles. The zero-order chi connectivity index (χ0) is 15.4. The van der Waals surface area contributed by atoms with Gasteiger partial charge in [-0.1, -0.05) is 19.1 Å². The Hall–Kier alpha value is -1.97. The summed E-state index contributed by atoms with van der Waals surface area (Å²) in [5.74, 6) is 2.65. The highest BCUT2D eigenvalue weighted by atomic mass is 16.5. The average Bonchev–Trinajstić information content (AvgIpc) is 2.75. The Morgan fingerprint density at radius 2 is 2.05 bits per heavy atom. The van der Waals surface area contributed by atoms with Crippen molar-refractivity contribution in [3.63, 3.8) is 0 Å². The molecule has 4 heteroatoms. The molecule has 0 saturated carbocycles. The van der Waals surface area contributed by atoms with Gasteiger partial charge in [0.15, 0.2) is 0 Å². The largest absolute Gasteiger partial charge is 0.491 e. The molecule has 0 spiro atoms. The van der Waals surface area contributed by atoms with Crippen LogP contribution in [0.15, 0.2) is 24.3 Å². The van der Waals surface area contributed by atoms with Crippen LogP contribution in [0.2, 0.25) is 0 Å². The molecule has 21 heavy (non-hydrogen) atoms. The third-order valence-electron chi connectivity index (χ3n) is 3.35. The smallest absolute Gasteiger partial charge is 0.131 e. The van der Waals surface area contributed by atoms with Crippen LogP contribution in [-0.4, -0.2) is 15.7 Å². The van der Waals surface area contributed by atoms with E-state index in [1.165, 1.54) is 0 Å². The van der Waals surface area contributed by atoms with Gasteiger partial charge in [0, 0.05) is 18.5 Å². The van der Waals surface area contributed by atoms with Crippen molar-refractivity contribution in [1.82, 2.24) is 9.55 Å². The number of nitrogens with two attached hydrogens (primary N) is 1. The van der Waals surface area contributed by atoms with Gasteiger partial charge in [0.05, 0.1) is 6.10 Å². The number of benzene rings is 1. The van der Waals surface area contributed by atoms with Crippen LogP contribution in [0.3, 0.4) is 0 Å². The lowest BCUT2D eigenvalue weighted by Gasteiger charge is -2.10. The van der Waals surface area contributed by atoms with Gasteiger partial charge in [0.1, 0.15) is 23.1 Å². The number of hydrogen-bond acceptors (Lipinski definition) is 3. The van der Waals surface area contributed by atoms with Crippen LogP contribution in [0, 0.1) is 0 Å². The fraction of sp³-hybridized carbons (Fsp3) is 0.471. The molecule has 0 unspecified atom stereocenters. The Bertz CT molecular complexity index is 602. The van der Waals surface area contributed by atoms with Crippen molar-refractivity contribution in [2.45, 2.75) is 53.2 Å². The van der Waals surface area contributed by atoms with E-state index < -0.39 is 0 Å². The van der Waals surface area contributed by atoms with Crippen LogP contribution in [0.4, 0.5) is 5.82 Å². The van der Waals surface area contributed by atoms with Crippen molar-refractivity contribution < 1.29 is 4.74 Å². The quantitative estimate of drug-likeness (QED) is 0.877. The Morgan fingerprint density at radius 1 is 1.29 bits per heavy atom. The van der Waals surface area contributed by atoms with E-state index in [1.807, 2.05) is 38.1 Å². The first-order chi connectivity index (χ1) is 10.1. The Morgan fingerprint density at radius 3 is 2.67 bits per heavy atom. The minimum atomic E-state index is 0.154. The van der Waals surface area contributed by atoms with E-state index in [0.717, 1.165) is 48.0 Å². The van der Waals surface area contributed by atoms with Gasteiger partial charge in [0.25, 0.3) is 0 Å². The average molecular weight is 287 g/mol. The highest BCUT2D eigenvalue weighted by Crippen LogP contribution is 2.29. The molecule has 0 fully saturated rings. The van der Waals surface area contributed by atoms with Crippen LogP contribution in [0.1, 0.15) is 39.9 Å². The maximum absolute atomic E-state index is 6.29. The van der Waals surface area contributed by atoms with Crippen molar-refractivity contribution in [1.29, 1.82) is 0 Å². The zero-order valence-corrected chi connectivity index (χ0v) is 13.4. The monoisotopic (exact) mass is 287 g/mol. The lowest BCUT2D eigenvalue weighted by atomic mass is 10.1. The molecule has 0 atom stereocenters. The molecule has 0 radical (unpaired) electrons. The molecule has 2 N–H and O–H groups in total. The third kappa shape index (κ3) is 3.38. The number of hydrogen-bond donors (Lipinski definition) is 1. The van der Waals surface area contributed by atoms with Crippen molar-refractivity contribution in [3.05, 3.63) is 30.1 Å². The van der Waals surface area contributed by atoms with Gasteiger partial charge in [-0.15, -0.1) is 0 Å². The molecule has 0 bridgehead atoms. The first kappa shape index (κ1) is 15.4. The normalized spacial score (nSPS) is 11.1. The lowest BCUT2D eigenvalue weighted by Crippen LogP contribution is -2.05. The van der Waals surface area contributed by atoms with E-state index in [0.29, 0.717) is 0 Å². The Balaban J connectivity index is 2.41. The lowest BCUT2D eigenvalue weighted by molar-refractivity contribution is 0.242. The number of ether oxygens (including phenoxy) is 1. The van der Waals surface area contributed by atoms with Gasteiger partial charge in [0.2, 0.25) is 0 Å². The summed E-state index contributed by atoms with van der Waals surface area (Å²) in [6, 6.07) is 7.98. The van der Waals surface area contributed by atoms with Gasteiger partial charge in [-0.25, -0.2) is 4.98 Å². The van der Waals surface area contributed by atoms with E-state index >= 15 is 0 Å². The Labute approximate surface area is 127 Å². The van der Waals surface area contributed by atoms with E-state index in [9.17, 15) is 0 Å². The molecule has 0 aliphatic rings. The molecule has 4 nitrogen and oxygen atoms in total. The number of aryl methyl sites for hydroxylation is 1. The molecule has 2 aromatic rings. The molecule has 1 heterocycles. The fourth-order valence-electron chi connectivity index (χ4n) is 2.48. The highest BCUT2D eigenvalue weighted by Gasteiger charge is 2.15. The van der Waals surface area contributed by atoms with E-state index in [1.54, 1.807) is 0 Å². The second-order valence-corrected chi connectivity index (χ2v) is 5.45. The zero-order valence-electron chi connectivity index (χ0n) is 13.4. The third-order valence-corrected chi connectivity index (χ3v) is 3.35. The number of anilines is 1. The molecule has 0 saturated heterocycles. The highest BCUT2D eigenvalue weighted by molar-refractivity contribution is 5.72. The van der Waals surface area contributed by atoms with Gasteiger partial charge in [-0.3, -0.25) is 0 Å².